The predicted molar refractivity (Wildman–Crippen MR) is 73.4 cm³/mol. The minimum Gasteiger partial charge on any atom is -0.361 e. The largest absolute Gasteiger partial charge is 0.361 e. The monoisotopic (exact) mass is 279 g/mol. The predicted octanol–water partition coefficient (Wildman–Crippen LogP) is 1.29. The number of amides is 2. The molecule has 0 radical (unpaired) electrons. The summed E-state index contributed by atoms with van der Waals surface area (Å²) in [6.07, 6.45) is 2.12. The van der Waals surface area contributed by atoms with Crippen molar-refractivity contribution in [3.8, 4) is 0 Å². The van der Waals surface area contributed by atoms with Gasteiger partial charge in [0.15, 0.2) is 0 Å². The van der Waals surface area contributed by atoms with E-state index in [2.05, 4.69) is 10.5 Å². The zero-order valence-corrected chi connectivity index (χ0v) is 12.4. The van der Waals surface area contributed by atoms with Gasteiger partial charge in [0.2, 0.25) is 5.91 Å². The maximum atomic E-state index is 12.8. The third-order valence-corrected chi connectivity index (χ3v) is 4.08. The fourth-order valence-electron chi connectivity index (χ4n) is 2.86. The molecule has 6 nitrogen and oxygen atoms in total. The SMILES string of the molecule is CCc1noc(C)c1C(=O)N1CCCC1(C)C(=O)NC. The van der Waals surface area contributed by atoms with Crippen LogP contribution in [0.2, 0.25) is 0 Å². The molecule has 110 valence electrons. The first-order chi connectivity index (χ1) is 9.45. The molecule has 1 aromatic rings. The number of hydrogen-bond acceptors (Lipinski definition) is 4. The zero-order valence-electron chi connectivity index (χ0n) is 12.4. The third-order valence-electron chi connectivity index (χ3n) is 4.08. The molecule has 2 amide bonds. The van der Waals surface area contributed by atoms with Gasteiger partial charge in [-0.2, -0.15) is 0 Å². The van der Waals surface area contributed by atoms with Crippen molar-refractivity contribution in [1.29, 1.82) is 0 Å². The number of rotatable bonds is 3. The van der Waals surface area contributed by atoms with Crippen molar-refractivity contribution in [2.75, 3.05) is 13.6 Å². The summed E-state index contributed by atoms with van der Waals surface area (Å²) in [5, 5.41) is 6.57. The molecule has 1 unspecified atom stereocenters. The normalized spacial score (nSPS) is 22.1. The van der Waals surface area contributed by atoms with Crippen molar-refractivity contribution < 1.29 is 14.1 Å². The molecule has 1 N–H and O–H groups in total. The minimum atomic E-state index is -0.791. The van der Waals surface area contributed by atoms with Crippen LogP contribution in [0, 0.1) is 6.92 Å². The van der Waals surface area contributed by atoms with Crippen LogP contribution < -0.4 is 5.32 Å². The van der Waals surface area contributed by atoms with E-state index < -0.39 is 5.54 Å². The number of nitrogens with zero attached hydrogens (tertiary/aromatic N) is 2. The molecule has 20 heavy (non-hydrogen) atoms. The van der Waals surface area contributed by atoms with Crippen LogP contribution in [0.15, 0.2) is 4.52 Å². The second kappa shape index (κ2) is 5.26. The van der Waals surface area contributed by atoms with Gasteiger partial charge in [-0.05, 0) is 33.1 Å². The quantitative estimate of drug-likeness (QED) is 0.904. The average molecular weight is 279 g/mol. The maximum Gasteiger partial charge on any atom is 0.260 e. The van der Waals surface area contributed by atoms with Crippen LogP contribution in [0.4, 0.5) is 0 Å². The van der Waals surface area contributed by atoms with E-state index in [9.17, 15) is 9.59 Å². The summed E-state index contributed by atoms with van der Waals surface area (Å²) in [7, 11) is 1.59. The number of carbonyl (C=O) groups is 2. The Morgan fingerprint density at radius 1 is 1.50 bits per heavy atom. The highest BCUT2D eigenvalue weighted by atomic mass is 16.5. The first-order valence-corrected chi connectivity index (χ1v) is 6.95. The van der Waals surface area contributed by atoms with Crippen molar-refractivity contribution in [3.63, 3.8) is 0 Å². The van der Waals surface area contributed by atoms with Crippen molar-refractivity contribution in [1.82, 2.24) is 15.4 Å². The van der Waals surface area contributed by atoms with Crippen LogP contribution >= 0.6 is 0 Å². The second-order valence-electron chi connectivity index (χ2n) is 5.33. The van der Waals surface area contributed by atoms with Gasteiger partial charge in [-0.3, -0.25) is 9.59 Å². The van der Waals surface area contributed by atoms with E-state index in [1.807, 2.05) is 13.8 Å². The summed E-state index contributed by atoms with van der Waals surface area (Å²) in [6, 6.07) is 0. The number of likely N-dealkylation sites (tertiary alicyclic amines) is 1. The number of aromatic nitrogens is 1. The zero-order chi connectivity index (χ0) is 14.9. The lowest BCUT2D eigenvalue weighted by atomic mass is 9.96. The van der Waals surface area contributed by atoms with Crippen molar-refractivity contribution in [2.45, 2.75) is 45.6 Å². The van der Waals surface area contributed by atoms with Gasteiger partial charge in [0.1, 0.15) is 16.9 Å². The van der Waals surface area contributed by atoms with Gasteiger partial charge in [0.25, 0.3) is 5.91 Å². The Balaban J connectivity index is 2.37. The van der Waals surface area contributed by atoms with Gasteiger partial charge in [0, 0.05) is 13.6 Å². The van der Waals surface area contributed by atoms with Crippen LogP contribution in [0.1, 0.15) is 48.5 Å². The highest BCUT2D eigenvalue weighted by molar-refractivity contribution is 6.00. The Morgan fingerprint density at radius 2 is 2.20 bits per heavy atom. The van der Waals surface area contributed by atoms with Crippen LogP contribution in [0.5, 0.6) is 0 Å². The molecule has 1 saturated heterocycles. The molecule has 1 aliphatic rings. The Labute approximate surface area is 118 Å². The number of likely N-dealkylation sites (N-methyl/N-ethyl adjacent to an activating group) is 1. The highest BCUT2D eigenvalue weighted by Crippen LogP contribution is 2.32. The number of carbonyl (C=O) groups excluding carboxylic acids is 2. The van der Waals surface area contributed by atoms with Crippen molar-refractivity contribution >= 4 is 11.8 Å². The van der Waals surface area contributed by atoms with Gasteiger partial charge < -0.3 is 14.7 Å². The van der Waals surface area contributed by atoms with Gasteiger partial charge in [-0.15, -0.1) is 0 Å². The number of aryl methyl sites for hydroxylation is 2. The van der Waals surface area contributed by atoms with E-state index in [0.717, 1.165) is 6.42 Å². The molecule has 0 saturated carbocycles. The topological polar surface area (TPSA) is 75.4 Å². The molecular formula is C14H21N3O3. The lowest BCUT2D eigenvalue weighted by Gasteiger charge is -2.33. The molecule has 1 aromatic heterocycles. The van der Waals surface area contributed by atoms with Crippen molar-refractivity contribution in [3.05, 3.63) is 17.0 Å². The van der Waals surface area contributed by atoms with E-state index in [4.69, 9.17) is 4.52 Å². The molecule has 2 heterocycles. The first-order valence-electron chi connectivity index (χ1n) is 6.95. The first kappa shape index (κ1) is 14.6. The Hall–Kier alpha value is -1.85. The molecule has 0 aromatic carbocycles. The van der Waals surface area contributed by atoms with Gasteiger partial charge in [-0.1, -0.05) is 12.1 Å². The minimum absolute atomic E-state index is 0.129. The second-order valence-corrected chi connectivity index (χ2v) is 5.33. The molecule has 0 bridgehead atoms. The fraction of sp³-hybridized carbons (Fsp3) is 0.643. The molecule has 1 fully saturated rings. The van der Waals surface area contributed by atoms with Crippen molar-refractivity contribution in [2.24, 2.45) is 0 Å². The number of hydrogen-bond donors (Lipinski definition) is 1. The molecule has 0 spiro atoms. The molecule has 0 aliphatic carbocycles. The smallest absolute Gasteiger partial charge is 0.260 e. The Bertz CT molecular complexity index is 538. The molecule has 6 heteroatoms. The summed E-state index contributed by atoms with van der Waals surface area (Å²) in [5.41, 5.74) is 0.365. The maximum absolute atomic E-state index is 12.8. The van der Waals surface area contributed by atoms with E-state index in [-0.39, 0.29) is 11.8 Å². The lowest BCUT2D eigenvalue weighted by molar-refractivity contribution is -0.129. The van der Waals surface area contributed by atoms with Crippen LogP contribution in [0.25, 0.3) is 0 Å². The Kier molecular flexibility index (Phi) is 3.83. The van der Waals surface area contributed by atoms with Crippen LogP contribution in [0.3, 0.4) is 0 Å². The molecular weight excluding hydrogens is 258 g/mol. The fourth-order valence-corrected chi connectivity index (χ4v) is 2.86. The van der Waals surface area contributed by atoms with E-state index in [1.165, 1.54) is 0 Å². The summed E-state index contributed by atoms with van der Waals surface area (Å²) in [6.45, 7) is 6.05. The molecule has 1 atom stereocenters. The summed E-state index contributed by atoms with van der Waals surface area (Å²) in [5.74, 6) is 0.220. The number of nitrogens with one attached hydrogen (secondary N) is 1. The van der Waals surface area contributed by atoms with Crippen LogP contribution in [-0.4, -0.2) is 41.0 Å². The highest BCUT2D eigenvalue weighted by Gasteiger charge is 2.46. The summed E-state index contributed by atoms with van der Waals surface area (Å²) < 4.78 is 5.12. The van der Waals surface area contributed by atoms with E-state index >= 15 is 0 Å². The molecule has 1 aliphatic heterocycles. The molecule has 2 rings (SSSR count). The van der Waals surface area contributed by atoms with E-state index in [1.54, 1.807) is 18.9 Å². The van der Waals surface area contributed by atoms with Gasteiger partial charge >= 0.3 is 0 Å². The Morgan fingerprint density at radius 3 is 2.80 bits per heavy atom. The summed E-state index contributed by atoms with van der Waals surface area (Å²) >= 11 is 0. The average Bonchev–Trinajstić information content (AvgIpc) is 3.01. The van der Waals surface area contributed by atoms with E-state index in [0.29, 0.717) is 36.4 Å². The van der Waals surface area contributed by atoms with Crippen LogP contribution in [-0.2, 0) is 11.2 Å². The van der Waals surface area contributed by atoms with Gasteiger partial charge in [-0.25, -0.2) is 0 Å². The third kappa shape index (κ3) is 2.09. The summed E-state index contributed by atoms with van der Waals surface area (Å²) in [4.78, 5) is 26.5. The standard InChI is InChI=1S/C14H21N3O3/c1-5-10-11(9(2)20-16-10)12(18)17-8-6-7-14(17,3)13(19)15-4/h5-8H2,1-4H3,(H,15,19). The van der Waals surface area contributed by atoms with Gasteiger partial charge in [0.05, 0.1) is 5.69 Å². The lowest BCUT2D eigenvalue weighted by Crippen LogP contribution is -2.54.